The number of halogens is 1. The second-order valence-electron chi connectivity index (χ2n) is 6.16. The molecule has 6 nitrogen and oxygen atoms in total. The molecule has 2 aromatic carbocycles. The van der Waals surface area contributed by atoms with Gasteiger partial charge < -0.3 is 9.47 Å². The molecule has 0 atom stereocenters. The Labute approximate surface area is 169 Å². The Morgan fingerprint density at radius 3 is 2.32 bits per heavy atom. The van der Waals surface area contributed by atoms with Gasteiger partial charge in [-0.1, -0.05) is 29.8 Å². The van der Waals surface area contributed by atoms with Crippen LogP contribution in [0, 0.1) is 0 Å². The highest BCUT2D eigenvalue weighted by Crippen LogP contribution is 2.31. The Hall–Kier alpha value is -2.77. The maximum atomic E-state index is 12.8. The molecule has 1 heterocycles. The number of anilines is 1. The van der Waals surface area contributed by atoms with Gasteiger partial charge >= 0.3 is 0 Å². The first kappa shape index (κ1) is 20.0. The lowest BCUT2D eigenvalue weighted by Crippen LogP contribution is -2.14. The second kappa shape index (κ2) is 8.50. The van der Waals surface area contributed by atoms with Crippen LogP contribution >= 0.6 is 11.6 Å². The Morgan fingerprint density at radius 2 is 1.68 bits per heavy atom. The largest absolute Gasteiger partial charge is 0.491 e. The van der Waals surface area contributed by atoms with Gasteiger partial charge in [-0.3, -0.25) is 4.72 Å². The van der Waals surface area contributed by atoms with Crippen molar-refractivity contribution in [2.75, 3.05) is 4.72 Å². The first-order chi connectivity index (χ1) is 13.3. The molecule has 0 aliphatic carbocycles. The van der Waals surface area contributed by atoms with Crippen molar-refractivity contribution in [2.45, 2.75) is 24.8 Å². The molecule has 28 heavy (non-hydrogen) atoms. The molecule has 3 rings (SSSR count). The first-order valence-corrected chi connectivity index (χ1v) is 10.4. The van der Waals surface area contributed by atoms with E-state index in [0.717, 1.165) is 0 Å². The van der Waals surface area contributed by atoms with Crippen LogP contribution in [0.25, 0.3) is 0 Å². The van der Waals surface area contributed by atoms with Crippen LogP contribution in [0.1, 0.15) is 13.8 Å². The molecule has 8 heteroatoms. The maximum absolute atomic E-state index is 12.8. The summed E-state index contributed by atoms with van der Waals surface area (Å²) in [5, 5.41) is 0.277. The Morgan fingerprint density at radius 1 is 1.00 bits per heavy atom. The Kier molecular flexibility index (Phi) is 6.06. The zero-order valence-electron chi connectivity index (χ0n) is 15.3. The fraction of sp³-hybridized carbons (Fsp3) is 0.150. The van der Waals surface area contributed by atoms with E-state index in [4.69, 9.17) is 21.1 Å². The van der Waals surface area contributed by atoms with Gasteiger partial charge in [-0.05, 0) is 56.3 Å². The molecular weight excluding hydrogens is 400 g/mol. The molecule has 0 bridgehead atoms. The van der Waals surface area contributed by atoms with Gasteiger partial charge in [0, 0.05) is 6.20 Å². The van der Waals surface area contributed by atoms with Crippen LogP contribution in [0.2, 0.25) is 5.02 Å². The van der Waals surface area contributed by atoms with E-state index in [-0.39, 0.29) is 27.6 Å². The van der Waals surface area contributed by atoms with Crippen LogP contribution in [0.4, 0.5) is 5.69 Å². The fourth-order valence-corrected chi connectivity index (χ4v) is 3.56. The van der Waals surface area contributed by atoms with E-state index in [1.54, 1.807) is 36.4 Å². The van der Waals surface area contributed by atoms with Crippen molar-refractivity contribution in [3.8, 4) is 17.4 Å². The number of pyridine rings is 1. The van der Waals surface area contributed by atoms with Crippen LogP contribution in [-0.4, -0.2) is 19.5 Å². The fourth-order valence-electron chi connectivity index (χ4n) is 2.35. The minimum Gasteiger partial charge on any atom is -0.491 e. The van der Waals surface area contributed by atoms with Gasteiger partial charge in [0.25, 0.3) is 10.0 Å². The minimum absolute atomic E-state index is 0.00388. The number of aromatic nitrogens is 1. The lowest BCUT2D eigenvalue weighted by Gasteiger charge is -2.14. The second-order valence-corrected chi connectivity index (χ2v) is 8.28. The highest BCUT2D eigenvalue weighted by molar-refractivity contribution is 7.92. The van der Waals surface area contributed by atoms with Gasteiger partial charge in [-0.25, -0.2) is 13.4 Å². The van der Waals surface area contributed by atoms with Crippen molar-refractivity contribution in [1.82, 2.24) is 4.98 Å². The SMILES string of the molecule is CC(C)Oc1ccc(S(=O)(=O)Nc2cc(Cl)cnc2Oc2ccccc2)cc1. The summed E-state index contributed by atoms with van der Waals surface area (Å²) >= 11 is 5.99. The van der Waals surface area contributed by atoms with E-state index in [9.17, 15) is 8.42 Å². The average Bonchev–Trinajstić information content (AvgIpc) is 2.64. The summed E-state index contributed by atoms with van der Waals surface area (Å²) in [6.07, 6.45) is 1.38. The predicted octanol–water partition coefficient (Wildman–Crippen LogP) is 5.12. The summed E-state index contributed by atoms with van der Waals surface area (Å²) in [7, 11) is -3.87. The smallest absolute Gasteiger partial charge is 0.262 e. The number of sulfonamides is 1. The van der Waals surface area contributed by atoms with Crippen LogP contribution in [-0.2, 0) is 10.0 Å². The molecule has 0 fully saturated rings. The van der Waals surface area contributed by atoms with Crippen LogP contribution in [0.5, 0.6) is 17.4 Å². The number of nitrogens with zero attached hydrogens (tertiary/aromatic N) is 1. The van der Waals surface area contributed by atoms with Crippen molar-refractivity contribution in [2.24, 2.45) is 0 Å². The monoisotopic (exact) mass is 418 g/mol. The van der Waals surface area contributed by atoms with Crippen LogP contribution in [0.15, 0.2) is 71.8 Å². The molecule has 3 aromatic rings. The van der Waals surface area contributed by atoms with Crippen molar-refractivity contribution in [3.05, 3.63) is 71.9 Å². The average molecular weight is 419 g/mol. The van der Waals surface area contributed by atoms with Crippen LogP contribution < -0.4 is 14.2 Å². The third-order valence-corrected chi connectivity index (χ3v) is 5.11. The van der Waals surface area contributed by atoms with Gasteiger partial charge in [0.15, 0.2) is 0 Å². The predicted molar refractivity (Wildman–Crippen MR) is 109 cm³/mol. The zero-order valence-corrected chi connectivity index (χ0v) is 16.9. The van der Waals surface area contributed by atoms with Crippen molar-refractivity contribution in [3.63, 3.8) is 0 Å². The van der Waals surface area contributed by atoms with Gasteiger partial charge in [0.1, 0.15) is 17.2 Å². The quantitative estimate of drug-likeness (QED) is 0.576. The number of nitrogens with one attached hydrogen (secondary N) is 1. The summed E-state index contributed by atoms with van der Waals surface area (Å²) in [5.74, 6) is 1.21. The van der Waals surface area contributed by atoms with E-state index < -0.39 is 10.0 Å². The molecule has 0 aliphatic rings. The van der Waals surface area contributed by atoms with Crippen LogP contribution in [0.3, 0.4) is 0 Å². The van der Waals surface area contributed by atoms with E-state index in [1.807, 2.05) is 19.9 Å². The summed E-state index contributed by atoms with van der Waals surface area (Å²) in [5.41, 5.74) is 0.138. The normalized spacial score (nSPS) is 11.3. The molecule has 0 unspecified atom stereocenters. The minimum atomic E-state index is -3.87. The number of hydrogen-bond acceptors (Lipinski definition) is 5. The van der Waals surface area contributed by atoms with Crippen molar-refractivity contribution < 1.29 is 17.9 Å². The number of para-hydroxylation sites is 1. The molecule has 0 aliphatic heterocycles. The lowest BCUT2D eigenvalue weighted by molar-refractivity contribution is 0.242. The van der Waals surface area contributed by atoms with E-state index in [0.29, 0.717) is 11.5 Å². The standard InChI is InChI=1S/C20H19ClN2O4S/c1-14(2)26-17-8-10-18(11-9-17)28(24,25)23-19-12-15(21)13-22-20(19)27-16-6-4-3-5-7-16/h3-14,23H,1-2H3. The van der Waals surface area contributed by atoms with Gasteiger partial charge in [0.2, 0.25) is 5.88 Å². The highest BCUT2D eigenvalue weighted by Gasteiger charge is 2.18. The lowest BCUT2D eigenvalue weighted by atomic mass is 10.3. The maximum Gasteiger partial charge on any atom is 0.262 e. The van der Waals surface area contributed by atoms with Crippen molar-refractivity contribution >= 4 is 27.3 Å². The Balaban J connectivity index is 1.86. The molecule has 0 saturated heterocycles. The summed E-state index contributed by atoms with van der Waals surface area (Å²) in [4.78, 5) is 4.18. The first-order valence-electron chi connectivity index (χ1n) is 8.51. The molecule has 0 saturated carbocycles. The topological polar surface area (TPSA) is 77.5 Å². The molecular formula is C20H19ClN2O4S. The van der Waals surface area contributed by atoms with Crippen molar-refractivity contribution in [1.29, 1.82) is 0 Å². The van der Waals surface area contributed by atoms with Gasteiger partial charge in [-0.2, -0.15) is 0 Å². The zero-order chi connectivity index (χ0) is 20.1. The number of ether oxygens (including phenoxy) is 2. The Bertz CT molecular complexity index is 1040. The summed E-state index contributed by atoms with van der Waals surface area (Å²) in [6, 6.07) is 16.5. The van der Waals surface area contributed by atoms with E-state index in [1.165, 1.54) is 24.4 Å². The van der Waals surface area contributed by atoms with E-state index in [2.05, 4.69) is 9.71 Å². The summed E-state index contributed by atoms with van der Waals surface area (Å²) < 4.78 is 39.3. The highest BCUT2D eigenvalue weighted by atomic mass is 35.5. The molecule has 0 spiro atoms. The molecule has 146 valence electrons. The van der Waals surface area contributed by atoms with Gasteiger partial charge in [-0.15, -0.1) is 0 Å². The molecule has 1 N–H and O–H groups in total. The summed E-state index contributed by atoms with van der Waals surface area (Å²) in [6.45, 7) is 3.79. The number of rotatable bonds is 7. The molecule has 0 radical (unpaired) electrons. The number of benzene rings is 2. The van der Waals surface area contributed by atoms with Gasteiger partial charge in [0.05, 0.1) is 16.0 Å². The van der Waals surface area contributed by atoms with E-state index >= 15 is 0 Å². The number of hydrogen-bond donors (Lipinski definition) is 1. The molecule has 1 aromatic heterocycles. The molecule has 0 amide bonds. The third kappa shape index (κ3) is 5.15. The third-order valence-electron chi connectivity index (χ3n) is 3.53.